The second kappa shape index (κ2) is 7.97. The lowest BCUT2D eigenvalue weighted by Gasteiger charge is -2.11. The molecule has 8 heteroatoms. The summed E-state index contributed by atoms with van der Waals surface area (Å²) in [5, 5.41) is 8.12. The van der Waals surface area contributed by atoms with Gasteiger partial charge in [-0.05, 0) is 43.3 Å². The predicted octanol–water partition coefficient (Wildman–Crippen LogP) is 4.21. The Kier molecular flexibility index (Phi) is 5.48. The van der Waals surface area contributed by atoms with Gasteiger partial charge in [-0.3, -0.25) is 0 Å². The van der Waals surface area contributed by atoms with Gasteiger partial charge in [0.25, 0.3) is 5.89 Å². The molecule has 0 saturated heterocycles. The molecule has 0 N–H and O–H groups in total. The van der Waals surface area contributed by atoms with E-state index < -0.39 is 12.1 Å². The summed E-state index contributed by atoms with van der Waals surface area (Å²) >= 11 is 5.95. The van der Waals surface area contributed by atoms with Gasteiger partial charge in [-0.15, -0.1) is 10.2 Å². The molecular formula is C18H14ClFN2O4. The van der Waals surface area contributed by atoms with E-state index in [9.17, 15) is 9.18 Å². The number of esters is 1. The van der Waals surface area contributed by atoms with Gasteiger partial charge >= 0.3 is 5.97 Å². The largest absolute Gasteiger partial charge is 0.480 e. The van der Waals surface area contributed by atoms with Crippen molar-refractivity contribution in [1.82, 2.24) is 10.2 Å². The summed E-state index contributed by atoms with van der Waals surface area (Å²) in [4.78, 5) is 11.9. The lowest BCUT2D eigenvalue weighted by molar-refractivity contribution is -0.152. The SMILES string of the molecule is C[C@@H](OC(=O)COc1ccccc1Cl)c1nnc(-c2ccc(F)cc2)o1. The molecular weight excluding hydrogens is 363 g/mol. The van der Waals surface area contributed by atoms with Crippen LogP contribution in [0.25, 0.3) is 11.5 Å². The average Bonchev–Trinajstić information content (AvgIpc) is 3.12. The number of carbonyl (C=O) groups is 1. The third-order valence-electron chi connectivity index (χ3n) is 3.37. The molecule has 0 radical (unpaired) electrons. The highest BCUT2D eigenvalue weighted by atomic mass is 35.5. The second-order valence-electron chi connectivity index (χ2n) is 5.30. The third kappa shape index (κ3) is 4.37. The van der Waals surface area contributed by atoms with Crippen LogP contribution in [-0.4, -0.2) is 22.8 Å². The van der Waals surface area contributed by atoms with E-state index in [1.165, 1.54) is 24.3 Å². The van der Waals surface area contributed by atoms with E-state index in [2.05, 4.69) is 10.2 Å². The van der Waals surface area contributed by atoms with Crippen LogP contribution in [0, 0.1) is 5.82 Å². The van der Waals surface area contributed by atoms with Gasteiger partial charge < -0.3 is 13.9 Å². The minimum atomic E-state index is -0.765. The minimum Gasteiger partial charge on any atom is -0.480 e. The number of nitrogens with zero attached hydrogens (tertiary/aromatic N) is 2. The first-order chi connectivity index (χ1) is 12.5. The lowest BCUT2D eigenvalue weighted by atomic mass is 10.2. The van der Waals surface area contributed by atoms with Crippen molar-refractivity contribution < 1.29 is 23.1 Å². The van der Waals surface area contributed by atoms with Crippen molar-refractivity contribution in [2.45, 2.75) is 13.0 Å². The Hall–Kier alpha value is -2.93. The van der Waals surface area contributed by atoms with Crippen LogP contribution in [0.3, 0.4) is 0 Å². The highest BCUT2D eigenvalue weighted by Gasteiger charge is 2.19. The Bertz CT molecular complexity index is 898. The van der Waals surface area contributed by atoms with Crippen LogP contribution in [0.2, 0.25) is 5.02 Å². The average molecular weight is 377 g/mol. The first-order valence-corrected chi connectivity index (χ1v) is 8.07. The Balaban J connectivity index is 1.58. The molecule has 3 rings (SSSR count). The van der Waals surface area contributed by atoms with Gasteiger partial charge in [-0.2, -0.15) is 0 Å². The van der Waals surface area contributed by atoms with Crippen molar-refractivity contribution >= 4 is 17.6 Å². The third-order valence-corrected chi connectivity index (χ3v) is 3.68. The van der Waals surface area contributed by atoms with Gasteiger partial charge in [0.2, 0.25) is 5.89 Å². The number of hydrogen-bond donors (Lipinski definition) is 0. The number of para-hydroxylation sites is 1. The highest BCUT2D eigenvalue weighted by molar-refractivity contribution is 6.32. The zero-order valence-corrected chi connectivity index (χ0v) is 14.4. The highest BCUT2D eigenvalue weighted by Crippen LogP contribution is 2.24. The zero-order valence-electron chi connectivity index (χ0n) is 13.7. The molecule has 0 bridgehead atoms. The topological polar surface area (TPSA) is 74.5 Å². The van der Waals surface area contributed by atoms with Crippen LogP contribution in [0.5, 0.6) is 5.75 Å². The molecule has 0 aliphatic rings. The van der Waals surface area contributed by atoms with Crippen molar-refractivity contribution in [1.29, 1.82) is 0 Å². The molecule has 6 nitrogen and oxygen atoms in total. The van der Waals surface area contributed by atoms with Gasteiger partial charge in [0, 0.05) is 5.56 Å². The zero-order chi connectivity index (χ0) is 18.5. The van der Waals surface area contributed by atoms with Crippen molar-refractivity contribution in [2.75, 3.05) is 6.61 Å². The minimum absolute atomic E-state index is 0.121. The van der Waals surface area contributed by atoms with E-state index in [0.717, 1.165) is 0 Å². The van der Waals surface area contributed by atoms with Crippen molar-refractivity contribution in [3.8, 4) is 17.2 Å². The van der Waals surface area contributed by atoms with E-state index in [4.69, 9.17) is 25.5 Å². The Morgan fingerprint density at radius 3 is 2.65 bits per heavy atom. The van der Waals surface area contributed by atoms with Crippen molar-refractivity contribution in [2.24, 2.45) is 0 Å². The van der Waals surface area contributed by atoms with Gasteiger partial charge in [-0.1, -0.05) is 23.7 Å². The van der Waals surface area contributed by atoms with Crippen LogP contribution in [-0.2, 0) is 9.53 Å². The maximum absolute atomic E-state index is 13.0. The van der Waals surface area contributed by atoms with Gasteiger partial charge in [-0.25, -0.2) is 9.18 Å². The maximum atomic E-state index is 13.0. The summed E-state index contributed by atoms with van der Waals surface area (Å²) in [5.74, 6) is -0.269. The maximum Gasteiger partial charge on any atom is 0.344 e. The van der Waals surface area contributed by atoms with Crippen LogP contribution in [0.1, 0.15) is 18.9 Å². The summed E-state index contributed by atoms with van der Waals surface area (Å²) in [5.41, 5.74) is 0.561. The van der Waals surface area contributed by atoms with E-state index in [1.807, 2.05) is 0 Å². The number of hydrogen-bond acceptors (Lipinski definition) is 6. The van der Waals surface area contributed by atoms with E-state index in [-0.39, 0.29) is 24.2 Å². The molecule has 2 aromatic carbocycles. The van der Waals surface area contributed by atoms with Gasteiger partial charge in [0.1, 0.15) is 11.6 Å². The molecule has 0 aliphatic heterocycles. The number of benzene rings is 2. The normalized spacial score (nSPS) is 11.8. The summed E-state index contributed by atoms with van der Waals surface area (Å²) in [6, 6.07) is 12.4. The molecule has 1 atom stereocenters. The molecule has 0 fully saturated rings. The summed E-state index contributed by atoms with van der Waals surface area (Å²) in [6.45, 7) is 1.28. The van der Waals surface area contributed by atoms with E-state index in [1.54, 1.807) is 31.2 Å². The number of rotatable bonds is 6. The molecule has 26 heavy (non-hydrogen) atoms. The van der Waals surface area contributed by atoms with E-state index >= 15 is 0 Å². The smallest absolute Gasteiger partial charge is 0.344 e. The lowest BCUT2D eigenvalue weighted by Crippen LogP contribution is -2.17. The molecule has 1 aromatic heterocycles. The molecule has 1 heterocycles. The fourth-order valence-electron chi connectivity index (χ4n) is 2.09. The van der Waals surface area contributed by atoms with Gasteiger partial charge in [0.05, 0.1) is 5.02 Å². The number of carbonyl (C=O) groups excluding carboxylic acids is 1. The Labute approximate surface area is 153 Å². The van der Waals surface area contributed by atoms with Crippen LogP contribution >= 0.6 is 11.6 Å². The number of aromatic nitrogens is 2. The molecule has 0 aliphatic carbocycles. The first-order valence-electron chi connectivity index (χ1n) is 7.69. The monoisotopic (exact) mass is 376 g/mol. The van der Waals surface area contributed by atoms with Crippen LogP contribution in [0.4, 0.5) is 4.39 Å². The fraction of sp³-hybridized carbons (Fsp3) is 0.167. The van der Waals surface area contributed by atoms with Crippen molar-refractivity contribution in [3.05, 3.63) is 65.3 Å². The molecule has 0 amide bonds. The molecule has 3 aromatic rings. The summed E-state index contributed by atoms with van der Waals surface area (Å²) < 4.78 is 28.9. The fourth-order valence-corrected chi connectivity index (χ4v) is 2.28. The number of ether oxygens (including phenoxy) is 2. The van der Waals surface area contributed by atoms with Crippen molar-refractivity contribution in [3.63, 3.8) is 0 Å². The van der Waals surface area contributed by atoms with Crippen LogP contribution in [0.15, 0.2) is 52.9 Å². The second-order valence-corrected chi connectivity index (χ2v) is 5.71. The molecule has 134 valence electrons. The summed E-state index contributed by atoms with van der Waals surface area (Å²) in [6.07, 6.45) is -0.765. The Morgan fingerprint density at radius 2 is 1.92 bits per heavy atom. The molecule has 0 unspecified atom stereocenters. The predicted molar refractivity (Wildman–Crippen MR) is 91.1 cm³/mol. The Morgan fingerprint density at radius 1 is 1.19 bits per heavy atom. The molecule has 0 spiro atoms. The van der Waals surface area contributed by atoms with Gasteiger partial charge in [0.15, 0.2) is 12.7 Å². The molecule has 0 saturated carbocycles. The van der Waals surface area contributed by atoms with Crippen LogP contribution < -0.4 is 4.74 Å². The quantitative estimate of drug-likeness (QED) is 0.600. The van der Waals surface area contributed by atoms with E-state index in [0.29, 0.717) is 16.3 Å². The summed E-state index contributed by atoms with van der Waals surface area (Å²) in [7, 11) is 0. The standard InChI is InChI=1S/C18H14ClFN2O4/c1-11(25-16(23)10-24-15-5-3-2-4-14(15)19)17-21-22-18(26-17)12-6-8-13(20)9-7-12/h2-9,11H,10H2,1H3/t11-/m1/s1. The number of halogens is 2. The first kappa shape index (κ1) is 17.9.